The highest BCUT2D eigenvalue weighted by Gasteiger charge is 2.38. The molecular formula is C24H39N3O14. The number of nitrogens with one attached hydrogen (secondary N) is 3. The lowest BCUT2D eigenvalue weighted by atomic mass is 10.0. The first-order valence-electron chi connectivity index (χ1n) is 12.3. The zero-order chi connectivity index (χ0) is 31.6. The number of carbonyl (C=O) groups excluding carboxylic acids is 7. The molecule has 0 heterocycles. The molecule has 0 aliphatic heterocycles. The summed E-state index contributed by atoms with van der Waals surface area (Å²) in [5.41, 5.74) is -3.16. The minimum absolute atomic E-state index is 0.305. The Balaban J connectivity index is 5.50. The van der Waals surface area contributed by atoms with Gasteiger partial charge in [0.15, 0.2) is 0 Å². The van der Waals surface area contributed by atoms with E-state index in [1.807, 2.05) is 0 Å². The largest absolute Gasteiger partial charge is 0.464 e. The third kappa shape index (κ3) is 18.2. The summed E-state index contributed by atoms with van der Waals surface area (Å²) in [6, 6.07) is 0. The Morgan fingerprint density at radius 3 is 1.15 bits per heavy atom. The molecule has 0 fully saturated rings. The van der Waals surface area contributed by atoms with Gasteiger partial charge in [-0.05, 0) is 0 Å². The van der Waals surface area contributed by atoms with Gasteiger partial charge in [0.2, 0.25) is 5.91 Å². The second kappa shape index (κ2) is 18.5. The van der Waals surface area contributed by atoms with Crippen LogP contribution < -0.4 is 16.0 Å². The fourth-order valence-electron chi connectivity index (χ4n) is 2.99. The molecule has 0 aromatic carbocycles. The van der Waals surface area contributed by atoms with Crippen LogP contribution in [-0.2, 0) is 62.0 Å². The van der Waals surface area contributed by atoms with Crippen LogP contribution in [0.15, 0.2) is 0 Å². The van der Waals surface area contributed by atoms with Crippen LogP contribution in [0.3, 0.4) is 0 Å². The predicted octanol–water partition coefficient (Wildman–Crippen LogP) is -2.54. The van der Waals surface area contributed by atoms with Crippen molar-refractivity contribution in [1.29, 1.82) is 0 Å². The Morgan fingerprint density at radius 2 is 0.854 bits per heavy atom. The van der Waals surface area contributed by atoms with Crippen molar-refractivity contribution in [2.75, 3.05) is 52.7 Å². The van der Waals surface area contributed by atoms with Crippen molar-refractivity contribution in [3.8, 4) is 0 Å². The van der Waals surface area contributed by atoms with Crippen LogP contribution in [0.1, 0.15) is 41.5 Å². The molecule has 0 aliphatic carbocycles. The lowest BCUT2D eigenvalue weighted by Crippen LogP contribution is -2.62. The smallest absolute Gasteiger partial charge is 0.302 e. The van der Waals surface area contributed by atoms with E-state index in [2.05, 4.69) is 16.0 Å². The van der Waals surface area contributed by atoms with Crippen molar-refractivity contribution >= 4 is 41.7 Å². The molecule has 0 aliphatic rings. The Kier molecular flexibility index (Phi) is 16.8. The van der Waals surface area contributed by atoms with E-state index in [0.29, 0.717) is 0 Å². The van der Waals surface area contributed by atoms with E-state index in [-0.39, 0.29) is 6.54 Å². The van der Waals surface area contributed by atoms with Gasteiger partial charge < -0.3 is 44.2 Å². The molecule has 41 heavy (non-hydrogen) atoms. The molecule has 1 amide bonds. The van der Waals surface area contributed by atoms with E-state index in [1.165, 1.54) is 0 Å². The first-order valence-corrected chi connectivity index (χ1v) is 12.3. The predicted molar refractivity (Wildman–Crippen MR) is 135 cm³/mol. The topological polar surface area (TPSA) is 231 Å². The summed E-state index contributed by atoms with van der Waals surface area (Å²) in [6.45, 7) is 3.14. The van der Waals surface area contributed by atoms with E-state index < -0.39 is 105 Å². The number of aliphatic hydroxyl groups is 1. The number of hydrogen-bond donors (Lipinski definition) is 4. The molecule has 0 bridgehead atoms. The van der Waals surface area contributed by atoms with E-state index in [9.17, 15) is 38.7 Å². The molecule has 0 spiro atoms. The number of hydrogen-bond acceptors (Lipinski definition) is 16. The third-order valence-corrected chi connectivity index (χ3v) is 4.81. The van der Waals surface area contributed by atoms with Gasteiger partial charge in [-0.2, -0.15) is 0 Å². The van der Waals surface area contributed by atoms with Crippen molar-refractivity contribution in [3.63, 3.8) is 0 Å². The summed E-state index contributed by atoms with van der Waals surface area (Å²) in [5.74, 6) is -4.92. The zero-order valence-corrected chi connectivity index (χ0v) is 24.0. The molecule has 1 unspecified atom stereocenters. The van der Waals surface area contributed by atoms with Crippen molar-refractivity contribution in [3.05, 3.63) is 0 Å². The molecule has 17 nitrogen and oxygen atoms in total. The normalized spacial score (nSPS) is 11.9. The molecule has 0 saturated carbocycles. The minimum atomic E-state index is -1.62. The monoisotopic (exact) mass is 593 g/mol. The number of amides is 1. The quantitative estimate of drug-likeness (QED) is 0.0686. The number of aliphatic hydroxyl groups excluding tert-OH is 1. The Labute approximate surface area is 236 Å². The summed E-state index contributed by atoms with van der Waals surface area (Å²) in [4.78, 5) is 81.1. The number of rotatable bonds is 19. The summed E-state index contributed by atoms with van der Waals surface area (Å²) in [7, 11) is 0. The van der Waals surface area contributed by atoms with Crippen molar-refractivity contribution in [2.24, 2.45) is 0 Å². The van der Waals surface area contributed by atoms with Gasteiger partial charge in [0.1, 0.15) is 56.9 Å². The molecule has 4 N–H and O–H groups in total. The summed E-state index contributed by atoms with van der Waals surface area (Å²) < 4.78 is 29.9. The molecule has 17 heteroatoms. The lowest BCUT2D eigenvalue weighted by molar-refractivity contribution is -0.158. The number of esters is 6. The van der Waals surface area contributed by atoms with E-state index >= 15 is 0 Å². The van der Waals surface area contributed by atoms with Crippen LogP contribution >= 0.6 is 0 Å². The minimum Gasteiger partial charge on any atom is -0.464 e. The van der Waals surface area contributed by atoms with Crippen LogP contribution in [0.2, 0.25) is 0 Å². The average Bonchev–Trinajstić information content (AvgIpc) is 2.85. The fourth-order valence-corrected chi connectivity index (χ4v) is 2.99. The zero-order valence-electron chi connectivity index (χ0n) is 24.0. The van der Waals surface area contributed by atoms with Gasteiger partial charge in [0.05, 0.1) is 6.54 Å². The Morgan fingerprint density at radius 1 is 0.561 bits per heavy atom. The lowest BCUT2D eigenvalue weighted by Gasteiger charge is -2.35. The third-order valence-electron chi connectivity index (χ3n) is 4.81. The molecule has 0 saturated heterocycles. The van der Waals surface area contributed by atoms with Gasteiger partial charge in [0.25, 0.3) is 0 Å². The highest BCUT2D eigenvalue weighted by Crippen LogP contribution is 2.12. The summed E-state index contributed by atoms with van der Waals surface area (Å²) in [5, 5.41) is 18.4. The fraction of sp³-hybridized carbons (Fsp3) is 0.708. The molecule has 234 valence electrons. The molecule has 0 aromatic rings. The maximum Gasteiger partial charge on any atom is 0.302 e. The number of carbonyl (C=O) groups is 7. The highest BCUT2D eigenvalue weighted by atomic mass is 16.6. The van der Waals surface area contributed by atoms with Gasteiger partial charge in [-0.25, -0.2) is 0 Å². The first-order chi connectivity index (χ1) is 19.0. The maximum absolute atomic E-state index is 12.7. The van der Waals surface area contributed by atoms with Crippen LogP contribution in [0.4, 0.5) is 0 Å². The van der Waals surface area contributed by atoms with E-state index in [1.54, 1.807) is 0 Å². The van der Waals surface area contributed by atoms with Gasteiger partial charge >= 0.3 is 35.8 Å². The molecule has 0 aromatic heterocycles. The van der Waals surface area contributed by atoms with Crippen molar-refractivity contribution in [1.82, 2.24) is 16.0 Å². The Hall–Kier alpha value is -3.83. The van der Waals surface area contributed by atoms with Crippen LogP contribution in [-0.4, -0.2) is 117 Å². The Bertz CT molecular complexity index is 847. The average molecular weight is 594 g/mol. The van der Waals surface area contributed by atoms with Gasteiger partial charge in [-0.3, -0.25) is 38.9 Å². The van der Waals surface area contributed by atoms with Gasteiger partial charge in [0, 0.05) is 48.1 Å². The van der Waals surface area contributed by atoms with Crippen LogP contribution in [0.25, 0.3) is 0 Å². The van der Waals surface area contributed by atoms with E-state index in [4.69, 9.17) is 28.4 Å². The van der Waals surface area contributed by atoms with Gasteiger partial charge in [-0.15, -0.1) is 0 Å². The molecular weight excluding hydrogens is 554 g/mol. The van der Waals surface area contributed by atoms with Crippen LogP contribution in [0, 0.1) is 0 Å². The summed E-state index contributed by atoms with van der Waals surface area (Å²) in [6.07, 6.45) is -1.46. The van der Waals surface area contributed by atoms with Crippen molar-refractivity contribution < 1.29 is 67.1 Å². The second-order valence-corrected chi connectivity index (χ2v) is 9.08. The van der Waals surface area contributed by atoms with Gasteiger partial charge in [-0.1, -0.05) is 0 Å². The SMILES string of the molecule is CC(=O)OCC(COC(C)=O)(COC(C)=O)NC(=O)CNCC(O)NC(COC(C)=O)(COC(C)=O)COC(C)=O. The van der Waals surface area contributed by atoms with Crippen LogP contribution in [0.5, 0.6) is 0 Å². The number of ether oxygens (including phenoxy) is 6. The second-order valence-electron chi connectivity index (χ2n) is 9.08. The van der Waals surface area contributed by atoms with E-state index in [0.717, 1.165) is 41.5 Å². The molecule has 1 atom stereocenters. The standard InChI is InChI=1S/C24H39N3O14/c1-15(28)36-9-23(10-37-16(2)29,11-38-17(3)30)26-21(34)7-25-8-22(35)27-24(12-39-18(4)31,13-40-19(5)32)14-41-20(6)33/h21,25-26,34H,7-14H2,1-6H3,(H,27,35). The molecule has 0 radical (unpaired) electrons. The summed E-state index contributed by atoms with van der Waals surface area (Å²) >= 11 is 0. The van der Waals surface area contributed by atoms with Crippen molar-refractivity contribution in [2.45, 2.75) is 58.8 Å². The maximum atomic E-state index is 12.7. The highest BCUT2D eigenvalue weighted by molar-refractivity contribution is 5.79. The molecule has 0 rings (SSSR count). The first kappa shape index (κ1) is 37.2.